The molecule has 1 aliphatic rings. The summed E-state index contributed by atoms with van der Waals surface area (Å²) < 4.78 is 27.4. The molecule has 29 heavy (non-hydrogen) atoms. The molecule has 1 heterocycles. The van der Waals surface area contributed by atoms with Gasteiger partial charge in [-0.15, -0.1) is 0 Å². The van der Waals surface area contributed by atoms with Crippen LogP contribution in [0.2, 0.25) is 0 Å². The monoisotopic (exact) mass is 465 g/mol. The SMILES string of the molecule is O=C(CCN1CCC(NC(=O)c2ccc(F)cc2)CC1)Nc1ccc(Br)cc1F. The van der Waals surface area contributed by atoms with Gasteiger partial charge >= 0.3 is 0 Å². The van der Waals surface area contributed by atoms with Gasteiger partial charge in [-0.05, 0) is 55.3 Å². The third-order valence-corrected chi connectivity index (χ3v) is 5.38. The van der Waals surface area contributed by atoms with E-state index < -0.39 is 5.82 Å². The molecule has 2 aromatic carbocycles. The molecule has 2 N–H and O–H groups in total. The third-order valence-electron chi connectivity index (χ3n) is 4.89. The zero-order valence-corrected chi connectivity index (χ0v) is 17.3. The molecule has 1 saturated heterocycles. The predicted octanol–water partition coefficient (Wildman–Crippen LogP) is 3.95. The van der Waals surface area contributed by atoms with Gasteiger partial charge < -0.3 is 15.5 Å². The molecule has 0 saturated carbocycles. The first-order valence-corrected chi connectivity index (χ1v) is 10.2. The van der Waals surface area contributed by atoms with Crippen LogP contribution in [0.4, 0.5) is 14.5 Å². The van der Waals surface area contributed by atoms with Crippen LogP contribution < -0.4 is 10.6 Å². The lowest BCUT2D eigenvalue weighted by Gasteiger charge is -2.32. The first-order valence-electron chi connectivity index (χ1n) is 9.44. The van der Waals surface area contributed by atoms with E-state index in [0.717, 1.165) is 25.9 Å². The Hall–Kier alpha value is -2.32. The van der Waals surface area contributed by atoms with Crippen LogP contribution in [0.3, 0.4) is 0 Å². The Morgan fingerprint density at radius 2 is 1.76 bits per heavy atom. The highest BCUT2D eigenvalue weighted by Gasteiger charge is 2.21. The van der Waals surface area contributed by atoms with E-state index in [1.807, 2.05) is 0 Å². The van der Waals surface area contributed by atoms with Crippen molar-refractivity contribution < 1.29 is 18.4 Å². The van der Waals surface area contributed by atoms with Gasteiger partial charge in [0, 0.05) is 42.1 Å². The maximum atomic E-state index is 13.8. The van der Waals surface area contributed by atoms with Crippen LogP contribution in [-0.4, -0.2) is 42.4 Å². The van der Waals surface area contributed by atoms with Crippen molar-refractivity contribution in [2.45, 2.75) is 25.3 Å². The van der Waals surface area contributed by atoms with Gasteiger partial charge in [-0.2, -0.15) is 0 Å². The van der Waals surface area contributed by atoms with Crippen LogP contribution in [0, 0.1) is 11.6 Å². The fourth-order valence-electron chi connectivity index (χ4n) is 3.23. The molecule has 2 amide bonds. The molecule has 0 aliphatic carbocycles. The van der Waals surface area contributed by atoms with E-state index in [2.05, 4.69) is 31.5 Å². The number of anilines is 1. The lowest BCUT2D eigenvalue weighted by molar-refractivity contribution is -0.116. The second kappa shape index (κ2) is 9.93. The zero-order chi connectivity index (χ0) is 20.8. The molecule has 0 spiro atoms. The average Bonchev–Trinajstić information content (AvgIpc) is 2.70. The van der Waals surface area contributed by atoms with Gasteiger partial charge in [0.15, 0.2) is 0 Å². The number of piperidine rings is 1. The van der Waals surface area contributed by atoms with E-state index in [1.165, 1.54) is 36.4 Å². The largest absolute Gasteiger partial charge is 0.349 e. The molecule has 3 rings (SSSR count). The van der Waals surface area contributed by atoms with Gasteiger partial charge in [0.1, 0.15) is 11.6 Å². The second-order valence-electron chi connectivity index (χ2n) is 7.02. The fraction of sp³-hybridized carbons (Fsp3) is 0.333. The van der Waals surface area contributed by atoms with Gasteiger partial charge in [0.05, 0.1) is 5.69 Å². The number of nitrogens with one attached hydrogen (secondary N) is 2. The standard InChI is InChI=1S/C21H22BrF2N3O2/c22-15-3-6-19(18(24)13-15)26-20(28)9-12-27-10-7-17(8-11-27)25-21(29)14-1-4-16(23)5-2-14/h1-6,13,17H,7-12H2,(H,25,29)(H,26,28). The molecular formula is C21H22BrF2N3O2. The molecule has 8 heteroatoms. The number of halogens is 3. The first kappa shape index (κ1) is 21.4. The van der Waals surface area contributed by atoms with Crippen molar-refractivity contribution in [1.29, 1.82) is 0 Å². The molecule has 1 fully saturated rings. The summed E-state index contributed by atoms with van der Waals surface area (Å²) in [6, 6.07) is 10.0. The topological polar surface area (TPSA) is 61.4 Å². The van der Waals surface area contributed by atoms with Crippen molar-refractivity contribution in [3.8, 4) is 0 Å². The molecule has 154 valence electrons. The molecule has 0 radical (unpaired) electrons. The highest BCUT2D eigenvalue weighted by atomic mass is 79.9. The van der Waals surface area contributed by atoms with E-state index >= 15 is 0 Å². The van der Waals surface area contributed by atoms with Gasteiger partial charge in [-0.25, -0.2) is 8.78 Å². The molecule has 0 bridgehead atoms. The summed E-state index contributed by atoms with van der Waals surface area (Å²) in [5.74, 6) is -1.30. The minimum absolute atomic E-state index is 0.0505. The maximum absolute atomic E-state index is 13.8. The van der Waals surface area contributed by atoms with Crippen molar-refractivity contribution in [3.63, 3.8) is 0 Å². The van der Waals surface area contributed by atoms with Crippen LogP contribution in [0.25, 0.3) is 0 Å². The van der Waals surface area contributed by atoms with E-state index in [4.69, 9.17) is 0 Å². The van der Waals surface area contributed by atoms with Gasteiger partial charge in [0.2, 0.25) is 5.91 Å². The number of nitrogens with zero attached hydrogens (tertiary/aromatic N) is 1. The van der Waals surface area contributed by atoms with Gasteiger partial charge in [-0.3, -0.25) is 9.59 Å². The minimum atomic E-state index is -0.481. The highest BCUT2D eigenvalue weighted by Crippen LogP contribution is 2.19. The number of benzene rings is 2. The van der Waals surface area contributed by atoms with Crippen LogP contribution in [-0.2, 0) is 4.79 Å². The van der Waals surface area contributed by atoms with Crippen molar-refractivity contribution in [1.82, 2.24) is 10.2 Å². The van der Waals surface area contributed by atoms with Crippen LogP contribution in [0.1, 0.15) is 29.6 Å². The number of likely N-dealkylation sites (tertiary alicyclic amines) is 1. The summed E-state index contributed by atoms with van der Waals surface area (Å²) in [5.41, 5.74) is 0.603. The summed E-state index contributed by atoms with van der Waals surface area (Å²) in [4.78, 5) is 26.4. The lowest BCUT2D eigenvalue weighted by Crippen LogP contribution is -2.45. The second-order valence-corrected chi connectivity index (χ2v) is 7.93. The van der Waals surface area contributed by atoms with Crippen LogP contribution >= 0.6 is 15.9 Å². The normalized spacial score (nSPS) is 15.1. The number of hydrogen-bond donors (Lipinski definition) is 2. The molecule has 2 aromatic rings. The summed E-state index contributed by atoms with van der Waals surface area (Å²) in [5, 5.41) is 5.56. The predicted molar refractivity (Wildman–Crippen MR) is 111 cm³/mol. The third kappa shape index (κ3) is 6.33. The Morgan fingerprint density at radius 1 is 1.07 bits per heavy atom. The maximum Gasteiger partial charge on any atom is 0.251 e. The van der Waals surface area contributed by atoms with Crippen molar-refractivity contribution in [2.24, 2.45) is 0 Å². The Kier molecular flexibility index (Phi) is 7.33. The van der Waals surface area contributed by atoms with Crippen molar-refractivity contribution >= 4 is 33.4 Å². The first-order chi connectivity index (χ1) is 13.9. The van der Waals surface area contributed by atoms with Crippen molar-refractivity contribution in [2.75, 3.05) is 25.0 Å². The Bertz CT molecular complexity index is 869. The summed E-state index contributed by atoms with van der Waals surface area (Å²) in [6.07, 6.45) is 1.81. The van der Waals surface area contributed by atoms with E-state index in [9.17, 15) is 18.4 Å². The van der Waals surface area contributed by atoms with Crippen molar-refractivity contribution in [3.05, 3.63) is 64.1 Å². The Morgan fingerprint density at radius 3 is 2.41 bits per heavy atom. The quantitative estimate of drug-likeness (QED) is 0.678. The number of carbonyl (C=O) groups excluding carboxylic acids is 2. The molecule has 5 nitrogen and oxygen atoms in total. The molecule has 0 unspecified atom stereocenters. The summed E-state index contributed by atoms with van der Waals surface area (Å²) in [6.45, 7) is 2.09. The summed E-state index contributed by atoms with van der Waals surface area (Å²) in [7, 11) is 0. The van der Waals surface area contributed by atoms with E-state index in [1.54, 1.807) is 6.07 Å². The zero-order valence-electron chi connectivity index (χ0n) is 15.8. The molecule has 1 aliphatic heterocycles. The number of rotatable bonds is 6. The van der Waals surface area contributed by atoms with E-state index in [-0.39, 0.29) is 35.8 Å². The minimum Gasteiger partial charge on any atom is -0.349 e. The van der Waals surface area contributed by atoms with Gasteiger partial charge in [-0.1, -0.05) is 15.9 Å². The molecular weight excluding hydrogens is 444 g/mol. The average molecular weight is 466 g/mol. The van der Waals surface area contributed by atoms with Gasteiger partial charge in [0.25, 0.3) is 5.91 Å². The highest BCUT2D eigenvalue weighted by molar-refractivity contribution is 9.10. The van der Waals surface area contributed by atoms with Crippen LogP contribution in [0.5, 0.6) is 0 Å². The Labute approximate surface area is 176 Å². The molecule has 0 atom stereocenters. The fourth-order valence-corrected chi connectivity index (χ4v) is 3.57. The summed E-state index contributed by atoms with van der Waals surface area (Å²) >= 11 is 3.18. The lowest BCUT2D eigenvalue weighted by atomic mass is 10.0. The van der Waals surface area contributed by atoms with Crippen LogP contribution in [0.15, 0.2) is 46.9 Å². The Balaban J connectivity index is 1.38. The number of carbonyl (C=O) groups is 2. The van der Waals surface area contributed by atoms with E-state index in [0.29, 0.717) is 16.6 Å². The number of amides is 2. The number of hydrogen-bond acceptors (Lipinski definition) is 3. The molecule has 0 aromatic heterocycles. The smallest absolute Gasteiger partial charge is 0.251 e.